The van der Waals surface area contributed by atoms with Crippen molar-refractivity contribution < 1.29 is 29.7 Å². The Hall–Kier alpha value is -2.04. The molecule has 10 atom stereocenters. The molecule has 0 saturated heterocycles. The van der Waals surface area contributed by atoms with E-state index in [0.717, 1.165) is 6.42 Å². The SMILES string of the molecule is CC1[C@H]2[C@H]3C(=O)C=C4[C@@]5(C)[C@@H](O)[C@](O)(C#N)C(=O)C(C)(C)[C@@H]5CC[C@@]4(C)[C@]3(C)CC[C@@]2(C(=O)O)CCC1(C)C. The molecule has 0 spiro atoms. The molecular weight excluding hydrogens is 494 g/mol. The topological polar surface area (TPSA) is 136 Å². The van der Waals surface area contributed by atoms with Crippen molar-refractivity contribution in [3.05, 3.63) is 11.6 Å². The van der Waals surface area contributed by atoms with Crippen LogP contribution in [0.2, 0.25) is 0 Å². The van der Waals surface area contributed by atoms with Gasteiger partial charge in [0, 0.05) is 16.7 Å². The van der Waals surface area contributed by atoms with E-state index in [9.17, 15) is 35.0 Å². The van der Waals surface area contributed by atoms with Gasteiger partial charge in [0.15, 0.2) is 11.6 Å². The molecule has 3 N–H and O–H groups in total. The van der Waals surface area contributed by atoms with E-state index in [0.29, 0.717) is 37.7 Å². The number of aliphatic carboxylic acids is 1. The molecule has 5 aliphatic carbocycles. The molecule has 0 amide bonds. The summed E-state index contributed by atoms with van der Waals surface area (Å²) in [5.41, 5.74) is -6.36. The molecule has 0 bridgehead atoms. The van der Waals surface area contributed by atoms with Crippen molar-refractivity contribution in [3.63, 3.8) is 0 Å². The van der Waals surface area contributed by atoms with Gasteiger partial charge in [-0.3, -0.25) is 14.4 Å². The Bertz CT molecular complexity index is 1240. The van der Waals surface area contributed by atoms with E-state index >= 15 is 0 Å². The molecule has 1 unspecified atom stereocenters. The van der Waals surface area contributed by atoms with Crippen LogP contribution in [0.1, 0.15) is 93.9 Å². The fourth-order valence-electron chi connectivity index (χ4n) is 10.9. The molecular formula is C32H45NO6. The van der Waals surface area contributed by atoms with Gasteiger partial charge in [0.05, 0.1) is 5.41 Å². The summed E-state index contributed by atoms with van der Waals surface area (Å²) in [6.07, 6.45) is 3.63. The van der Waals surface area contributed by atoms with Crippen LogP contribution in [0, 0.1) is 67.5 Å². The van der Waals surface area contributed by atoms with Gasteiger partial charge in [0.2, 0.25) is 5.60 Å². The van der Waals surface area contributed by atoms with Crippen molar-refractivity contribution in [2.75, 3.05) is 0 Å². The highest BCUT2D eigenvalue weighted by Crippen LogP contribution is 2.75. The number of aliphatic hydroxyl groups is 2. The van der Waals surface area contributed by atoms with Crippen LogP contribution in [0.25, 0.3) is 0 Å². The Kier molecular flexibility index (Phi) is 5.71. The molecule has 214 valence electrons. The van der Waals surface area contributed by atoms with Crippen molar-refractivity contribution in [3.8, 4) is 6.07 Å². The van der Waals surface area contributed by atoms with E-state index in [4.69, 9.17) is 0 Å². The van der Waals surface area contributed by atoms with Crippen molar-refractivity contribution in [2.45, 2.75) is 106 Å². The number of nitrogens with zero attached hydrogens (tertiary/aromatic N) is 1. The van der Waals surface area contributed by atoms with Crippen molar-refractivity contribution in [1.82, 2.24) is 0 Å². The molecule has 7 heteroatoms. The standard InChI is InChI=1S/C32H45NO6/c1-17-21-22-18(34)15-20-28(6,29(22,7)12-14-31(21,25(37)38)13-11-26(17,2)3)10-9-19-27(4,5)23(35)32(39,16-33)24(36)30(19,20)8/h15,17,19,21-22,24,36,39H,9-14H2,1-8H3,(H,37,38)/t17?,19-,21-,22+,24+,28+,29+,30-,31-,32-/m0/s1. The quantitative estimate of drug-likeness (QED) is 0.411. The number of rotatable bonds is 1. The second kappa shape index (κ2) is 7.82. The first-order valence-electron chi connectivity index (χ1n) is 14.6. The van der Waals surface area contributed by atoms with Gasteiger partial charge in [-0.2, -0.15) is 5.26 Å². The third kappa shape index (κ3) is 2.98. The second-order valence-electron chi connectivity index (χ2n) is 15.7. The minimum atomic E-state index is -2.58. The molecule has 0 aliphatic heterocycles. The van der Waals surface area contributed by atoms with Crippen LogP contribution in [0.4, 0.5) is 0 Å². The Morgan fingerprint density at radius 2 is 1.59 bits per heavy atom. The number of carbonyl (C=O) groups is 3. The van der Waals surface area contributed by atoms with E-state index in [1.165, 1.54) is 0 Å². The van der Waals surface area contributed by atoms with E-state index in [1.54, 1.807) is 26.0 Å². The minimum Gasteiger partial charge on any atom is -0.481 e. The maximum absolute atomic E-state index is 14.4. The smallest absolute Gasteiger partial charge is 0.309 e. The lowest BCUT2D eigenvalue weighted by Crippen LogP contribution is -2.73. The van der Waals surface area contributed by atoms with E-state index in [1.807, 2.05) is 6.92 Å². The lowest BCUT2D eigenvalue weighted by molar-refractivity contribution is -0.217. The predicted octanol–water partition coefficient (Wildman–Crippen LogP) is 4.70. The number of Topliss-reactive ketones (excluding diaryl/α,β-unsaturated/α-hetero) is 1. The molecule has 5 rings (SSSR count). The van der Waals surface area contributed by atoms with Crippen LogP contribution >= 0.6 is 0 Å². The van der Waals surface area contributed by atoms with Crippen LogP contribution in [0.15, 0.2) is 11.6 Å². The molecule has 0 aromatic carbocycles. The van der Waals surface area contributed by atoms with Gasteiger partial charge in [-0.25, -0.2) is 0 Å². The number of allylic oxidation sites excluding steroid dienone is 1. The van der Waals surface area contributed by atoms with Crippen LogP contribution in [-0.4, -0.2) is 44.6 Å². The largest absolute Gasteiger partial charge is 0.481 e. The molecule has 4 fully saturated rings. The molecule has 0 heterocycles. The summed E-state index contributed by atoms with van der Waals surface area (Å²) in [4.78, 5) is 40.8. The predicted molar refractivity (Wildman–Crippen MR) is 144 cm³/mol. The average molecular weight is 540 g/mol. The highest BCUT2D eigenvalue weighted by Gasteiger charge is 2.76. The molecule has 0 aromatic rings. The highest BCUT2D eigenvalue weighted by atomic mass is 16.4. The maximum atomic E-state index is 14.4. The normalized spacial score (nSPS) is 51.8. The first-order chi connectivity index (χ1) is 17.7. The highest BCUT2D eigenvalue weighted by molar-refractivity contribution is 5.99. The number of fused-ring (bicyclic) bond motifs is 7. The molecule has 4 saturated carbocycles. The second-order valence-corrected chi connectivity index (χ2v) is 15.7. The van der Waals surface area contributed by atoms with Gasteiger partial charge in [0.25, 0.3) is 0 Å². The van der Waals surface area contributed by atoms with Crippen LogP contribution in [0.3, 0.4) is 0 Å². The number of nitriles is 1. The summed E-state index contributed by atoms with van der Waals surface area (Å²) < 4.78 is 0. The summed E-state index contributed by atoms with van der Waals surface area (Å²) in [5.74, 6) is -2.77. The number of aliphatic hydroxyl groups excluding tert-OH is 1. The fourth-order valence-corrected chi connectivity index (χ4v) is 10.9. The van der Waals surface area contributed by atoms with Crippen molar-refractivity contribution in [1.29, 1.82) is 5.26 Å². The zero-order chi connectivity index (χ0) is 29.4. The molecule has 0 radical (unpaired) electrons. The third-order valence-corrected chi connectivity index (χ3v) is 13.8. The number of hydrogen-bond acceptors (Lipinski definition) is 6. The molecule has 39 heavy (non-hydrogen) atoms. The van der Waals surface area contributed by atoms with Gasteiger partial charge in [-0.1, -0.05) is 61.0 Å². The number of carboxylic acids is 1. The van der Waals surface area contributed by atoms with E-state index in [2.05, 4.69) is 34.6 Å². The first-order valence-corrected chi connectivity index (χ1v) is 14.6. The Balaban J connectivity index is 1.74. The monoisotopic (exact) mass is 539 g/mol. The van der Waals surface area contributed by atoms with E-state index < -0.39 is 56.5 Å². The summed E-state index contributed by atoms with van der Waals surface area (Å²) >= 11 is 0. The number of hydrogen-bond donors (Lipinski definition) is 3. The van der Waals surface area contributed by atoms with Gasteiger partial charge < -0.3 is 15.3 Å². The van der Waals surface area contributed by atoms with Gasteiger partial charge in [-0.15, -0.1) is 0 Å². The zero-order valence-electron chi connectivity index (χ0n) is 24.7. The van der Waals surface area contributed by atoms with Gasteiger partial charge in [-0.05, 0) is 78.6 Å². The Morgan fingerprint density at radius 1 is 1.00 bits per heavy atom. The number of ketones is 2. The Labute approximate surface area is 232 Å². The summed E-state index contributed by atoms with van der Waals surface area (Å²) in [6, 6.07) is 1.73. The van der Waals surface area contributed by atoms with E-state index in [-0.39, 0.29) is 29.0 Å². The first kappa shape index (κ1) is 28.5. The van der Waals surface area contributed by atoms with Crippen LogP contribution in [0.5, 0.6) is 0 Å². The summed E-state index contributed by atoms with van der Waals surface area (Å²) in [5, 5.41) is 43.6. The van der Waals surface area contributed by atoms with Crippen molar-refractivity contribution in [2.24, 2.45) is 56.2 Å². The number of carboxylic acid groups (broad SMARTS) is 1. The molecule has 0 aromatic heterocycles. The lowest BCUT2D eigenvalue weighted by Gasteiger charge is -2.71. The summed E-state index contributed by atoms with van der Waals surface area (Å²) in [6.45, 7) is 16.0. The molecule has 7 nitrogen and oxygen atoms in total. The number of carbonyl (C=O) groups excluding carboxylic acids is 2. The lowest BCUT2D eigenvalue weighted by atomic mass is 9.32. The van der Waals surface area contributed by atoms with Gasteiger partial charge >= 0.3 is 5.97 Å². The maximum Gasteiger partial charge on any atom is 0.309 e. The average Bonchev–Trinajstić information content (AvgIpc) is 2.85. The third-order valence-electron chi connectivity index (χ3n) is 13.8. The van der Waals surface area contributed by atoms with Gasteiger partial charge in [0.1, 0.15) is 12.2 Å². The molecule has 5 aliphatic rings. The zero-order valence-corrected chi connectivity index (χ0v) is 24.7. The fraction of sp³-hybridized carbons (Fsp3) is 0.812. The summed E-state index contributed by atoms with van der Waals surface area (Å²) in [7, 11) is 0. The Morgan fingerprint density at radius 3 is 2.15 bits per heavy atom. The minimum absolute atomic E-state index is 0.0157. The van der Waals surface area contributed by atoms with Crippen LogP contribution < -0.4 is 0 Å². The van der Waals surface area contributed by atoms with Crippen molar-refractivity contribution >= 4 is 17.5 Å². The van der Waals surface area contributed by atoms with Crippen LogP contribution in [-0.2, 0) is 14.4 Å².